The molecule has 0 aliphatic carbocycles. The largest absolute Gasteiger partial charge is 0.484 e. The third-order valence-corrected chi connectivity index (χ3v) is 4.43. The van der Waals surface area contributed by atoms with Gasteiger partial charge < -0.3 is 15.0 Å². The molecule has 0 unspecified atom stereocenters. The molecule has 1 aromatic carbocycles. The molecule has 1 aromatic heterocycles. The lowest BCUT2D eigenvalue weighted by Crippen LogP contribution is -3.06. The maximum atomic E-state index is 11.9. The number of quaternary nitrogens is 1. The van der Waals surface area contributed by atoms with E-state index in [4.69, 9.17) is 10.00 Å². The van der Waals surface area contributed by atoms with Crippen molar-refractivity contribution in [1.82, 2.24) is 5.32 Å². The van der Waals surface area contributed by atoms with Crippen LogP contribution in [0.3, 0.4) is 0 Å². The molecule has 0 spiro atoms. The number of rotatable bonds is 7. The van der Waals surface area contributed by atoms with Gasteiger partial charge in [0.2, 0.25) is 0 Å². The predicted molar refractivity (Wildman–Crippen MR) is 89.5 cm³/mol. The average molecular weight is 330 g/mol. The van der Waals surface area contributed by atoms with E-state index in [0.29, 0.717) is 17.9 Å². The number of nitriles is 1. The second-order valence-electron chi connectivity index (χ2n) is 5.37. The Kier molecular flexibility index (Phi) is 6.15. The Morgan fingerprint density at radius 2 is 2.09 bits per heavy atom. The van der Waals surface area contributed by atoms with E-state index >= 15 is 0 Å². The quantitative estimate of drug-likeness (QED) is 0.796. The van der Waals surface area contributed by atoms with Crippen molar-refractivity contribution in [3.8, 4) is 11.8 Å². The van der Waals surface area contributed by atoms with Gasteiger partial charge >= 0.3 is 0 Å². The normalized spacial score (nSPS) is 11.7. The molecule has 2 rings (SSSR count). The molecular weight excluding hydrogens is 310 g/mol. The lowest BCUT2D eigenvalue weighted by Gasteiger charge is -2.20. The fraction of sp³-hybridized carbons (Fsp3) is 0.294. The summed E-state index contributed by atoms with van der Waals surface area (Å²) in [7, 11) is 4.15. The van der Waals surface area contributed by atoms with E-state index in [9.17, 15) is 4.79 Å². The second kappa shape index (κ2) is 8.32. The fourth-order valence-electron chi connectivity index (χ4n) is 2.12. The molecule has 0 aliphatic heterocycles. The summed E-state index contributed by atoms with van der Waals surface area (Å²) in [6.45, 7) is 0.532. The molecule has 2 aromatic rings. The summed E-state index contributed by atoms with van der Waals surface area (Å²) in [4.78, 5) is 14.5. The van der Waals surface area contributed by atoms with E-state index in [1.54, 1.807) is 35.6 Å². The van der Waals surface area contributed by atoms with E-state index in [2.05, 4.69) is 25.5 Å². The summed E-state index contributed by atoms with van der Waals surface area (Å²) in [6, 6.07) is 13.1. The van der Waals surface area contributed by atoms with Gasteiger partial charge in [0.15, 0.2) is 6.61 Å². The first-order valence-corrected chi connectivity index (χ1v) is 8.21. The highest BCUT2D eigenvalue weighted by Crippen LogP contribution is 2.15. The van der Waals surface area contributed by atoms with Gasteiger partial charge in [-0.05, 0) is 35.7 Å². The van der Waals surface area contributed by atoms with E-state index in [1.165, 1.54) is 9.78 Å². The monoisotopic (exact) mass is 330 g/mol. The molecule has 0 aliphatic rings. The number of benzene rings is 1. The number of carbonyl (C=O) groups is 1. The summed E-state index contributed by atoms with van der Waals surface area (Å²) in [5.74, 6) is 0.421. The Hall–Kier alpha value is -2.36. The van der Waals surface area contributed by atoms with Crippen LogP contribution in [-0.4, -0.2) is 33.2 Å². The van der Waals surface area contributed by atoms with Gasteiger partial charge in [-0.3, -0.25) is 4.79 Å². The van der Waals surface area contributed by atoms with Crippen LogP contribution in [0.25, 0.3) is 0 Å². The molecular formula is C17H20N3O2S+. The van der Waals surface area contributed by atoms with Gasteiger partial charge in [-0.1, -0.05) is 6.07 Å². The Bertz CT molecular complexity index is 660. The number of carbonyl (C=O) groups excluding carboxylic acids is 1. The summed E-state index contributed by atoms with van der Waals surface area (Å²) in [6.07, 6.45) is 0. The minimum atomic E-state index is -0.155. The van der Waals surface area contributed by atoms with Gasteiger partial charge in [0.05, 0.1) is 37.1 Å². The zero-order valence-electron chi connectivity index (χ0n) is 13.2. The number of nitrogens with one attached hydrogen (secondary N) is 2. The Morgan fingerprint density at radius 3 is 2.65 bits per heavy atom. The van der Waals surface area contributed by atoms with Crippen LogP contribution in [-0.2, 0) is 4.79 Å². The van der Waals surface area contributed by atoms with E-state index in [-0.39, 0.29) is 18.6 Å². The fourth-order valence-corrected chi connectivity index (χ4v) is 3.07. The topological polar surface area (TPSA) is 66.6 Å². The molecule has 23 heavy (non-hydrogen) atoms. The van der Waals surface area contributed by atoms with Gasteiger partial charge in [-0.15, -0.1) is 11.3 Å². The van der Waals surface area contributed by atoms with E-state index < -0.39 is 0 Å². The molecule has 0 radical (unpaired) electrons. The average Bonchev–Trinajstić information content (AvgIpc) is 3.07. The zero-order valence-corrected chi connectivity index (χ0v) is 14.0. The first kappa shape index (κ1) is 17.0. The molecule has 1 heterocycles. The van der Waals surface area contributed by atoms with E-state index in [0.717, 1.165) is 0 Å². The van der Waals surface area contributed by atoms with Gasteiger partial charge in [0.25, 0.3) is 5.91 Å². The molecule has 2 N–H and O–H groups in total. The third-order valence-electron chi connectivity index (χ3n) is 3.44. The Balaban J connectivity index is 1.81. The van der Waals surface area contributed by atoms with Crippen molar-refractivity contribution < 1.29 is 14.4 Å². The van der Waals surface area contributed by atoms with Crippen LogP contribution < -0.4 is 15.0 Å². The molecule has 1 atom stereocenters. The minimum Gasteiger partial charge on any atom is -0.484 e. The van der Waals surface area contributed by atoms with Crippen molar-refractivity contribution >= 4 is 17.2 Å². The molecule has 0 fully saturated rings. The smallest absolute Gasteiger partial charge is 0.258 e. The molecule has 0 saturated carbocycles. The van der Waals surface area contributed by atoms with Gasteiger partial charge in [-0.25, -0.2) is 0 Å². The van der Waals surface area contributed by atoms with Crippen LogP contribution in [0.2, 0.25) is 0 Å². The molecule has 1 amide bonds. The maximum absolute atomic E-state index is 11.9. The summed E-state index contributed by atoms with van der Waals surface area (Å²) in [5, 5.41) is 13.7. The number of hydrogen-bond donors (Lipinski definition) is 2. The highest BCUT2D eigenvalue weighted by atomic mass is 32.1. The number of hydrogen-bond acceptors (Lipinski definition) is 4. The molecule has 5 nitrogen and oxygen atoms in total. The number of nitrogens with zero attached hydrogens (tertiary/aromatic N) is 1. The Morgan fingerprint density at radius 1 is 1.35 bits per heavy atom. The number of thiophene rings is 1. The third kappa shape index (κ3) is 5.09. The van der Waals surface area contributed by atoms with Crippen molar-refractivity contribution in [2.45, 2.75) is 6.04 Å². The van der Waals surface area contributed by atoms with Crippen molar-refractivity contribution in [2.75, 3.05) is 27.2 Å². The number of ether oxygens (including phenoxy) is 1. The van der Waals surface area contributed by atoms with Crippen LogP contribution in [0.5, 0.6) is 5.75 Å². The molecule has 0 bridgehead atoms. The minimum absolute atomic E-state index is 0.0359. The standard InChI is InChI=1S/C17H19N3O2S/c1-20(2)15(16-4-3-9-23-16)11-19-17(21)12-22-14-7-5-13(10-18)6-8-14/h3-9,15H,11-12H2,1-2H3,(H,19,21)/p+1/t15-/m0/s1. The van der Waals surface area contributed by atoms with Crippen LogP contribution in [0.15, 0.2) is 41.8 Å². The van der Waals surface area contributed by atoms with E-state index in [1.807, 2.05) is 17.5 Å². The maximum Gasteiger partial charge on any atom is 0.258 e. The highest BCUT2D eigenvalue weighted by molar-refractivity contribution is 7.10. The summed E-state index contributed by atoms with van der Waals surface area (Å²) >= 11 is 1.69. The first-order chi connectivity index (χ1) is 11.1. The molecule has 120 valence electrons. The zero-order chi connectivity index (χ0) is 16.7. The van der Waals surface area contributed by atoms with Crippen molar-refractivity contribution in [2.24, 2.45) is 0 Å². The summed E-state index contributed by atoms with van der Waals surface area (Å²) in [5.41, 5.74) is 0.564. The number of amides is 1. The van der Waals surface area contributed by atoms with Gasteiger partial charge in [0.1, 0.15) is 11.8 Å². The van der Waals surface area contributed by atoms with Crippen LogP contribution in [0.1, 0.15) is 16.5 Å². The number of likely N-dealkylation sites (N-methyl/N-ethyl adjacent to an activating group) is 1. The van der Waals surface area contributed by atoms with Gasteiger partial charge in [0, 0.05) is 0 Å². The second-order valence-corrected chi connectivity index (χ2v) is 6.35. The van der Waals surface area contributed by atoms with Crippen LogP contribution in [0.4, 0.5) is 0 Å². The van der Waals surface area contributed by atoms with Gasteiger partial charge in [-0.2, -0.15) is 5.26 Å². The Labute approximate surface area is 140 Å². The lowest BCUT2D eigenvalue weighted by atomic mass is 10.2. The van der Waals surface area contributed by atoms with Crippen LogP contribution >= 0.6 is 11.3 Å². The van der Waals surface area contributed by atoms with Crippen LogP contribution in [0, 0.1) is 11.3 Å². The molecule has 0 saturated heterocycles. The SMILES string of the molecule is C[NH+](C)[C@@H](CNC(=O)COc1ccc(C#N)cc1)c1cccs1. The lowest BCUT2D eigenvalue weighted by molar-refractivity contribution is -0.890. The van der Waals surface area contributed by atoms with Crippen molar-refractivity contribution in [3.05, 3.63) is 52.2 Å². The van der Waals surface area contributed by atoms with Crippen molar-refractivity contribution in [1.29, 1.82) is 5.26 Å². The summed E-state index contributed by atoms with van der Waals surface area (Å²) < 4.78 is 5.43. The predicted octanol–water partition coefficient (Wildman–Crippen LogP) is 1.00. The first-order valence-electron chi connectivity index (χ1n) is 7.33. The van der Waals surface area contributed by atoms with Crippen molar-refractivity contribution in [3.63, 3.8) is 0 Å². The molecule has 6 heteroatoms. The highest BCUT2D eigenvalue weighted by Gasteiger charge is 2.19.